The van der Waals surface area contributed by atoms with Gasteiger partial charge in [-0.2, -0.15) is 5.10 Å². The van der Waals surface area contributed by atoms with Crippen molar-refractivity contribution >= 4 is 58.0 Å². The smallest absolute Gasteiger partial charge is 0.407 e. The van der Waals surface area contributed by atoms with E-state index in [4.69, 9.17) is 22.1 Å². The van der Waals surface area contributed by atoms with E-state index in [1.165, 1.54) is 21.7 Å². The predicted molar refractivity (Wildman–Crippen MR) is 179 cm³/mol. The first-order chi connectivity index (χ1) is 23.2. The van der Waals surface area contributed by atoms with E-state index in [1.54, 1.807) is 49.9 Å². The molecule has 3 aromatic rings. The number of benzene rings is 2. The number of nitrogens with one attached hydrogen (secondary N) is 3. The Morgan fingerprint density at radius 2 is 1.88 bits per heavy atom. The molecular weight excluding hydrogens is 659 g/mol. The number of carbonyl (C=O) groups is 5. The second-order valence-electron chi connectivity index (χ2n) is 13.2. The van der Waals surface area contributed by atoms with Crippen LogP contribution in [0.3, 0.4) is 0 Å². The van der Waals surface area contributed by atoms with Gasteiger partial charge in [0.25, 0.3) is 5.91 Å². The van der Waals surface area contributed by atoms with E-state index in [0.29, 0.717) is 36.0 Å². The summed E-state index contributed by atoms with van der Waals surface area (Å²) >= 11 is 5.83. The summed E-state index contributed by atoms with van der Waals surface area (Å²) in [6.07, 6.45) is 2.28. The van der Waals surface area contributed by atoms with Crippen LogP contribution in [0, 0.1) is 5.82 Å². The standard InChI is InChI=1S/C33H40ClFN8O6/c1-33(2,3)49-32(48)39-21-7-5-13-41(16-21)31(47)38-20-9-12-25-23(14-20)29(30(36)46)40-43(25)18-27(45)42(22-10-11-22)17-26(44)37-15-19-6-4-8-24(34)28(19)35/h4,6,8-9,12,14,21-22H,5,7,10-11,13,15-18H2,1-3H3,(H2,36,46)(H,37,44)(H,38,47)(H,39,48)/t21-/m0/s1. The third-order valence-electron chi connectivity index (χ3n) is 8.08. The molecule has 1 aromatic heterocycles. The lowest BCUT2D eigenvalue weighted by atomic mass is 10.1. The van der Waals surface area contributed by atoms with Crippen molar-refractivity contribution in [2.45, 2.75) is 77.2 Å². The summed E-state index contributed by atoms with van der Waals surface area (Å²) in [5.74, 6) is -2.31. The molecule has 0 bridgehead atoms. The Morgan fingerprint density at radius 1 is 1.12 bits per heavy atom. The highest BCUT2D eigenvalue weighted by atomic mass is 35.5. The van der Waals surface area contributed by atoms with Gasteiger partial charge >= 0.3 is 12.1 Å². The molecule has 1 saturated carbocycles. The SMILES string of the molecule is CC(C)(C)OC(=O)N[C@H]1CCCN(C(=O)Nc2ccc3c(c2)c(C(N)=O)nn3CC(=O)N(CC(=O)NCc2cccc(Cl)c2F)C2CC2)C1. The van der Waals surface area contributed by atoms with Gasteiger partial charge in [0.15, 0.2) is 5.69 Å². The minimum absolute atomic E-state index is 0.0531. The first-order valence-corrected chi connectivity index (χ1v) is 16.4. The second kappa shape index (κ2) is 14.7. The molecule has 2 aliphatic rings. The molecule has 1 saturated heterocycles. The van der Waals surface area contributed by atoms with Gasteiger partial charge in [-0.1, -0.05) is 23.7 Å². The summed E-state index contributed by atoms with van der Waals surface area (Å²) in [7, 11) is 0. The molecule has 0 unspecified atom stereocenters. The molecule has 14 nitrogen and oxygen atoms in total. The van der Waals surface area contributed by atoms with Crippen molar-refractivity contribution in [2.75, 3.05) is 25.0 Å². The van der Waals surface area contributed by atoms with Crippen LogP contribution in [-0.2, 0) is 27.4 Å². The largest absolute Gasteiger partial charge is 0.444 e. The van der Waals surface area contributed by atoms with Gasteiger partial charge in [0.05, 0.1) is 17.1 Å². The van der Waals surface area contributed by atoms with Gasteiger partial charge in [-0.25, -0.2) is 14.0 Å². The van der Waals surface area contributed by atoms with E-state index < -0.39 is 41.3 Å². The lowest BCUT2D eigenvalue weighted by Crippen LogP contribution is -2.51. The lowest BCUT2D eigenvalue weighted by Gasteiger charge is -2.33. The van der Waals surface area contributed by atoms with Gasteiger partial charge in [-0.15, -0.1) is 0 Å². The average molecular weight is 699 g/mol. The summed E-state index contributed by atoms with van der Waals surface area (Å²) in [4.78, 5) is 67.0. The van der Waals surface area contributed by atoms with Crippen LogP contribution < -0.4 is 21.7 Å². The van der Waals surface area contributed by atoms with E-state index in [2.05, 4.69) is 21.0 Å². The molecule has 2 fully saturated rings. The fraction of sp³-hybridized carbons (Fsp3) is 0.455. The van der Waals surface area contributed by atoms with E-state index >= 15 is 0 Å². The highest BCUT2D eigenvalue weighted by Gasteiger charge is 2.34. The zero-order valence-corrected chi connectivity index (χ0v) is 28.3. The fourth-order valence-corrected chi connectivity index (χ4v) is 5.83. The van der Waals surface area contributed by atoms with Gasteiger partial charge in [0, 0.05) is 48.4 Å². The number of hydrogen-bond donors (Lipinski definition) is 4. The first-order valence-electron chi connectivity index (χ1n) is 16.0. The van der Waals surface area contributed by atoms with Crippen LogP contribution in [0.5, 0.6) is 0 Å². The molecule has 2 aromatic carbocycles. The minimum atomic E-state index is -0.821. The van der Waals surface area contributed by atoms with Crippen molar-refractivity contribution in [3.63, 3.8) is 0 Å². The molecule has 1 aliphatic heterocycles. The van der Waals surface area contributed by atoms with E-state index in [-0.39, 0.29) is 54.5 Å². The molecule has 262 valence electrons. The Kier molecular flexibility index (Phi) is 10.6. The molecule has 16 heteroatoms. The number of anilines is 1. The summed E-state index contributed by atoms with van der Waals surface area (Å²) in [5, 5.41) is 12.9. The highest BCUT2D eigenvalue weighted by Crippen LogP contribution is 2.28. The molecular formula is C33H40ClFN8O6. The monoisotopic (exact) mass is 698 g/mol. The lowest BCUT2D eigenvalue weighted by molar-refractivity contribution is -0.137. The quantitative estimate of drug-likeness (QED) is 0.249. The number of likely N-dealkylation sites (tertiary alicyclic amines) is 1. The number of nitrogens with two attached hydrogens (primary N) is 1. The number of amides is 6. The normalized spacial score (nSPS) is 16.2. The maximum atomic E-state index is 14.2. The number of piperidine rings is 1. The van der Waals surface area contributed by atoms with Crippen LogP contribution >= 0.6 is 11.6 Å². The van der Waals surface area contributed by atoms with Crippen LogP contribution in [-0.4, -0.2) is 86.7 Å². The number of fused-ring (bicyclic) bond motifs is 1. The molecule has 0 radical (unpaired) electrons. The summed E-state index contributed by atoms with van der Waals surface area (Å²) < 4.78 is 20.9. The molecule has 49 heavy (non-hydrogen) atoms. The second-order valence-corrected chi connectivity index (χ2v) is 13.6. The number of primary amides is 1. The zero-order chi connectivity index (χ0) is 35.5. The number of ether oxygens (including phenoxy) is 1. The number of urea groups is 1. The summed E-state index contributed by atoms with van der Waals surface area (Å²) in [6, 6.07) is 8.50. The Morgan fingerprint density at radius 3 is 2.57 bits per heavy atom. The van der Waals surface area contributed by atoms with Gasteiger partial charge < -0.3 is 36.2 Å². The van der Waals surface area contributed by atoms with E-state index in [0.717, 1.165) is 12.8 Å². The predicted octanol–water partition coefficient (Wildman–Crippen LogP) is 3.76. The first kappa shape index (κ1) is 35.4. The minimum Gasteiger partial charge on any atom is -0.444 e. The van der Waals surface area contributed by atoms with Crippen LogP contribution in [0.2, 0.25) is 5.02 Å². The van der Waals surface area contributed by atoms with Crippen LogP contribution in [0.15, 0.2) is 36.4 Å². The third-order valence-corrected chi connectivity index (χ3v) is 8.37. The Labute approximate surface area is 287 Å². The van der Waals surface area contributed by atoms with Crippen LogP contribution in [0.4, 0.5) is 19.7 Å². The zero-order valence-electron chi connectivity index (χ0n) is 27.6. The molecule has 1 aliphatic carbocycles. The van der Waals surface area contributed by atoms with Gasteiger partial charge in [-0.3, -0.25) is 19.1 Å². The molecule has 0 spiro atoms. The number of rotatable bonds is 10. The van der Waals surface area contributed by atoms with Gasteiger partial charge in [0.1, 0.15) is 18.0 Å². The number of alkyl carbamates (subject to hydrolysis) is 1. The summed E-state index contributed by atoms with van der Waals surface area (Å²) in [5.41, 5.74) is 5.93. The van der Waals surface area contributed by atoms with Crippen LogP contribution in [0.1, 0.15) is 62.5 Å². The van der Waals surface area contributed by atoms with Crippen molar-refractivity contribution in [2.24, 2.45) is 5.73 Å². The van der Waals surface area contributed by atoms with Crippen molar-refractivity contribution in [3.8, 4) is 0 Å². The molecule has 2 heterocycles. The number of carbonyl (C=O) groups excluding carboxylic acids is 5. The van der Waals surface area contributed by atoms with E-state index in [9.17, 15) is 28.4 Å². The average Bonchev–Trinajstić information content (AvgIpc) is 3.81. The Balaban J connectivity index is 1.24. The maximum Gasteiger partial charge on any atom is 0.407 e. The molecule has 1 atom stereocenters. The molecule has 6 amide bonds. The number of hydrogen-bond acceptors (Lipinski definition) is 7. The topological polar surface area (TPSA) is 181 Å². The highest BCUT2D eigenvalue weighted by molar-refractivity contribution is 6.30. The Bertz CT molecular complexity index is 1770. The maximum absolute atomic E-state index is 14.2. The van der Waals surface area contributed by atoms with Crippen molar-refractivity contribution in [3.05, 3.63) is 58.5 Å². The summed E-state index contributed by atoms with van der Waals surface area (Å²) in [6.45, 7) is 5.48. The van der Waals surface area contributed by atoms with Gasteiger partial charge in [-0.05, 0) is 70.7 Å². The number of aromatic nitrogens is 2. The van der Waals surface area contributed by atoms with Crippen molar-refractivity contribution in [1.29, 1.82) is 0 Å². The fourth-order valence-electron chi connectivity index (χ4n) is 5.63. The number of nitrogens with zero attached hydrogens (tertiary/aromatic N) is 4. The molecule has 5 N–H and O–H groups in total. The van der Waals surface area contributed by atoms with Crippen molar-refractivity contribution < 1.29 is 33.1 Å². The third kappa shape index (κ3) is 9.16. The number of halogens is 2. The molecule has 5 rings (SSSR count). The van der Waals surface area contributed by atoms with Crippen LogP contribution in [0.25, 0.3) is 10.9 Å². The van der Waals surface area contributed by atoms with E-state index in [1.807, 2.05) is 0 Å². The Hall–Kier alpha value is -4.92. The van der Waals surface area contributed by atoms with Gasteiger partial charge in [0.2, 0.25) is 11.8 Å². The van der Waals surface area contributed by atoms with Crippen molar-refractivity contribution in [1.82, 2.24) is 30.2 Å².